The number of thiocarbonyl (C=S) groups is 1. The van der Waals surface area contributed by atoms with E-state index >= 15 is 0 Å². The summed E-state index contributed by atoms with van der Waals surface area (Å²) in [7, 11) is 1.70. The Morgan fingerprint density at radius 1 is 1.44 bits per heavy atom. The molecule has 1 N–H and O–H groups in total. The number of nitrogens with one attached hydrogen (secondary N) is 1. The highest BCUT2D eigenvalue weighted by Gasteiger charge is 2.35. The molecule has 0 spiro atoms. The van der Waals surface area contributed by atoms with Crippen LogP contribution in [0.1, 0.15) is 18.4 Å². The molecule has 27 heavy (non-hydrogen) atoms. The number of carbonyl (C=O) groups is 1. The number of ether oxygens (including phenoxy) is 1. The molecule has 1 amide bonds. The van der Waals surface area contributed by atoms with E-state index in [1.165, 1.54) is 16.2 Å². The number of hydrogen-bond donors (Lipinski definition) is 1. The summed E-state index contributed by atoms with van der Waals surface area (Å²) in [5.74, 6) is 0.232. The molecule has 140 valence electrons. The van der Waals surface area contributed by atoms with Crippen LogP contribution in [-0.4, -0.2) is 50.8 Å². The fourth-order valence-corrected chi connectivity index (χ4v) is 4.46. The minimum atomic E-state index is -0.241. The standard InChI is InChI=1S/C18H18N4O3S2/c1-19-15-12(16(23)21-7-3-2-6-14(21)20-15)9-13-17(24)22(18(26)27-13)10-11-5-4-8-25-11/h2-3,6-7,9,11,19H,4-5,8,10H2,1H3/b13-9+/t11-/m1/s1. The van der Waals surface area contributed by atoms with Crippen LogP contribution in [0.4, 0.5) is 5.82 Å². The summed E-state index contributed by atoms with van der Waals surface area (Å²) in [4.78, 5) is 32.2. The third-order valence-corrected chi connectivity index (χ3v) is 5.94. The first kappa shape index (κ1) is 18.1. The van der Waals surface area contributed by atoms with Gasteiger partial charge in [-0.05, 0) is 31.1 Å². The highest BCUT2D eigenvalue weighted by atomic mass is 32.2. The van der Waals surface area contributed by atoms with Crippen LogP contribution >= 0.6 is 24.0 Å². The average molecular weight is 403 g/mol. The third kappa shape index (κ3) is 3.38. The van der Waals surface area contributed by atoms with Gasteiger partial charge in [0.1, 0.15) is 15.8 Å². The van der Waals surface area contributed by atoms with Crippen molar-refractivity contribution in [3.8, 4) is 0 Å². The lowest BCUT2D eigenvalue weighted by atomic mass is 10.2. The Balaban J connectivity index is 1.71. The lowest BCUT2D eigenvalue weighted by Crippen LogP contribution is -2.35. The van der Waals surface area contributed by atoms with Crippen molar-refractivity contribution < 1.29 is 9.53 Å². The molecule has 0 aliphatic carbocycles. The van der Waals surface area contributed by atoms with Gasteiger partial charge in [-0.2, -0.15) is 0 Å². The summed E-state index contributed by atoms with van der Waals surface area (Å²) in [6.45, 7) is 1.18. The van der Waals surface area contributed by atoms with Crippen molar-refractivity contribution in [1.29, 1.82) is 0 Å². The Bertz CT molecular complexity index is 1010. The van der Waals surface area contributed by atoms with E-state index in [4.69, 9.17) is 17.0 Å². The highest BCUT2D eigenvalue weighted by molar-refractivity contribution is 8.26. The normalized spacial score (nSPS) is 21.6. The van der Waals surface area contributed by atoms with Gasteiger partial charge >= 0.3 is 0 Å². The van der Waals surface area contributed by atoms with Gasteiger partial charge < -0.3 is 10.1 Å². The summed E-state index contributed by atoms with van der Waals surface area (Å²) in [5, 5.41) is 2.94. The number of thioether (sulfide) groups is 1. The molecule has 0 bridgehead atoms. The summed E-state index contributed by atoms with van der Waals surface area (Å²) in [5.41, 5.74) is 0.628. The van der Waals surface area contributed by atoms with Crippen LogP contribution in [0.2, 0.25) is 0 Å². The van der Waals surface area contributed by atoms with Gasteiger partial charge in [0.2, 0.25) is 0 Å². The van der Waals surface area contributed by atoms with Crippen LogP contribution in [0.25, 0.3) is 11.7 Å². The van der Waals surface area contributed by atoms with Gasteiger partial charge in [0.15, 0.2) is 0 Å². The molecular weight excluding hydrogens is 384 g/mol. The van der Waals surface area contributed by atoms with Crippen LogP contribution in [0.3, 0.4) is 0 Å². The maximum Gasteiger partial charge on any atom is 0.267 e. The molecule has 0 radical (unpaired) electrons. The van der Waals surface area contributed by atoms with E-state index in [-0.39, 0.29) is 17.6 Å². The zero-order valence-electron chi connectivity index (χ0n) is 14.7. The Labute approximate surface area is 165 Å². The van der Waals surface area contributed by atoms with Crippen molar-refractivity contribution >= 4 is 51.7 Å². The molecule has 7 nitrogen and oxygen atoms in total. The van der Waals surface area contributed by atoms with E-state index in [1.807, 2.05) is 6.07 Å². The molecule has 0 unspecified atom stereocenters. The van der Waals surface area contributed by atoms with Gasteiger partial charge in [0, 0.05) is 19.9 Å². The molecule has 0 aromatic carbocycles. The predicted octanol–water partition coefficient (Wildman–Crippen LogP) is 2.12. The number of nitrogens with zero attached hydrogens (tertiary/aromatic N) is 3. The molecule has 4 rings (SSSR count). The van der Waals surface area contributed by atoms with Gasteiger partial charge in [-0.1, -0.05) is 30.0 Å². The second kappa shape index (κ2) is 7.41. The van der Waals surface area contributed by atoms with E-state index in [0.29, 0.717) is 32.8 Å². The summed E-state index contributed by atoms with van der Waals surface area (Å²) >= 11 is 6.58. The Morgan fingerprint density at radius 3 is 3.04 bits per heavy atom. The summed E-state index contributed by atoms with van der Waals surface area (Å²) < 4.78 is 7.56. The fraction of sp³-hybridized carbons (Fsp3) is 0.333. The van der Waals surface area contributed by atoms with E-state index in [9.17, 15) is 9.59 Å². The number of rotatable bonds is 4. The quantitative estimate of drug-likeness (QED) is 0.620. The predicted molar refractivity (Wildman–Crippen MR) is 110 cm³/mol. The van der Waals surface area contributed by atoms with Crippen LogP contribution in [0, 0.1) is 0 Å². The largest absolute Gasteiger partial charge is 0.376 e. The van der Waals surface area contributed by atoms with Gasteiger partial charge in [-0.15, -0.1) is 0 Å². The van der Waals surface area contributed by atoms with Crippen molar-refractivity contribution in [3.05, 3.63) is 45.2 Å². The van der Waals surface area contributed by atoms with Crippen LogP contribution in [0.5, 0.6) is 0 Å². The van der Waals surface area contributed by atoms with Crippen LogP contribution in [-0.2, 0) is 9.53 Å². The molecule has 1 atom stereocenters. The lowest BCUT2D eigenvalue weighted by Gasteiger charge is -2.18. The molecule has 2 saturated heterocycles. The fourth-order valence-electron chi connectivity index (χ4n) is 3.20. The molecule has 2 aromatic heterocycles. The Hall–Kier alpha value is -2.23. The number of hydrogen-bond acceptors (Lipinski definition) is 7. The van der Waals surface area contributed by atoms with Crippen molar-refractivity contribution in [2.75, 3.05) is 25.5 Å². The number of anilines is 1. The van der Waals surface area contributed by atoms with Crippen molar-refractivity contribution in [3.63, 3.8) is 0 Å². The van der Waals surface area contributed by atoms with Gasteiger partial charge in [0.05, 0.1) is 23.1 Å². The first-order chi connectivity index (χ1) is 13.1. The lowest BCUT2D eigenvalue weighted by molar-refractivity contribution is -0.123. The SMILES string of the molecule is CNc1nc2ccccn2c(=O)c1/C=C1/SC(=S)N(C[C@H]2CCCO2)C1=O. The monoisotopic (exact) mass is 402 g/mol. The number of fused-ring (bicyclic) bond motifs is 1. The van der Waals surface area contributed by atoms with Crippen molar-refractivity contribution in [1.82, 2.24) is 14.3 Å². The van der Waals surface area contributed by atoms with Gasteiger partial charge in [-0.3, -0.25) is 18.9 Å². The van der Waals surface area contributed by atoms with E-state index < -0.39 is 0 Å². The number of amides is 1. The minimum absolute atomic E-state index is 0.0210. The molecule has 2 aromatic rings. The smallest absolute Gasteiger partial charge is 0.267 e. The Morgan fingerprint density at radius 2 is 2.30 bits per heavy atom. The number of carbonyl (C=O) groups excluding carboxylic acids is 1. The molecule has 2 fully saturated rings. The average Bonchev–Trinajstić information content (AvgIpc) is 3.28. The zero-order valence-corrected chi connectivity index (χ0v) is 16.3. The highest BCUT2D eigenvalue weighted by Crippen LogP contribution is 2.33. The molecular formula is C18H18N4O3S2. The maximum atomic E-state index is 12.9. The summed E-state index contributed by atoms with van der Waals surface area (Å²) in [6.07, 6.45) is 5.18. The molecule has 2 aliphatic rings. The molecule has 2 aliphatic heterocycles. The zero-order chi connectivity index (χ0) is 19.0. The Kier molecular flexibility index (Phi) is 4.98. The number of aromatic nitrogens is 2. The van der Waals surface area contributed by atoms with E-state index in [1.54, 1.807) is 36.4 Å². The van der Waals surface area contributed by atoms with Crippen molar-refractivity contribution in [2.45, 2.75) is 18.9 Å². The third-order valence-electron chi connectivity index (χ3n) is 4.57. The van der Waals surface area contributed by atoms with E-state index in [0.717, 1.165) is 19.4 Å². The van der Waals surface area contributed by atoms with Crippen LogP contribution in [0.15, 0.2) is 34.1 Å². The molecule has 0 saturated carbocycles. The molecule has 9 heteroatoms. The van der Waals surface area contributed by atoms with Crippen LogP contribution < -0.4 is 10.9 Å². The topological polar surface area (TPSA) is 75.9 Å². The summed E-state index contributed by atoms with van der Waals surface area (Å²) in [6, 6.07) is 5.34. The first-order valence-electron chi connectivity index (χ1n) is 8.64. The van der Waals surface area contributed by atoms with Gasteiger partial charge in [-0.25, -0.2) is 4.98 Å². The van der Waals surface area contributed by atoms with E-state index in [2.05, 4.69) is 10.3 Å². The van der Waals surface area contributed by atoms with Crippen molar-refractivity contribution in [2.24, 2.45) is 0 Å². The first-order valence-corrected chi connectivity index (χ1v) is 9.87. The number of pyridine rings is 1. The van der Waals surface area contributed by atoms with Gasteiger partial charge in [0.25, 0.3) is 11.5 Å². The maximum absolute atomic E-state index is 12.9. The second-order valence-electron chi connectivity index (χ2n) is 6.29. The second-order valence-corrected chi connectivity index (χ2v) is 7.96. The molecule has 4 heterocycles. The minimum Gasteiger partial charge on any atom is -0.376 e.